The first-order valence-corrected chi connectivity index (χ1v) is 7.03. The lowest BCUT2D eigenvalue weighted by Gasteiger charge is -2.06. The predicted octanol–water partition coefficient (Wildman–Crippen LogP) is 2.43. The fraction of sp³-hybridized carbons (Fsp3) is 0.105. The molecule has 0 saturated carbocycles. The van der Waals surface area contributed by atoms with Gasteiger partial charge in [0.15, 0.2) is 5.78 Å². The SMILES string of the molecule is O=C1CC=c2cc3c(c4c2-c2c(cccc21)C4)=CC=C3. The fourth-order valence-corrected chi connectivity index (χ4v) is 3.80. The van der Waals surface area contributed by atoms with Crippen molar-refractivity contribution in [1.29, 1.82) is 0 Å². The molecule has 0 unspecified atom stereocenters. The summed E-state index contributed by atoms with van der Waals surface area (Å²) in [5.74, 6) is 0.241. The average molecular weight is 256 g/mol. The van der Waals surface area contributed by atoms with Crippen LogP contribution in [0.1, 0.15) is 33.5 Å². The third kappa shape index (κ3) is 1.11. The Bertz CT molecular complexity index is 958. The minimum atomic E-state index is 0.241. The molecule has 1 heteroatoms. The average Bonchev–Trinajstić information content (AvgIpc) is 3.03. The minimum Gasteiger partial charge on any atom is -0.294 e. The Morgan fingerprint density at radius 2 is 2.05 bits per heavy atom. The smallest absolute Gasteiger partial charge is 0.167 e. The Labute approximate surface area is 116 Å². The lowest BCUT2D eigenvalue weighted by molar-refractivity contribution is 0.100. The zero-order chi connectivity index (χ0) is 13.3. The molecule has 2 aromatic rings. The normalized spacial score (nSPS) is 16.3. The number of Topliss-reactive ketones (excluding diaryl/α,β-unsaturated/α-hetero) is 1. The Morgan fingerprint density at radius 1 is 1.10 bits per heavy atom. The molecule has 20 heavy (non-hydrogen) atoms. The second-order valence-corrected chi connectivity index (χ2v) is 5.70. The molecule has 0 saturated heterocycles. The standard InChI is InChI=1S/C19H12O/c20-17-8-7-13-9-11-3-1-5-14(11)16-10-12-4-2-6-15(17)18(12)19(13)16/h1-7,9H,8,10H2. The van der Waals surface area contributed by atoms with Gasteiger partial charge in [-0.05, 0) is 50.7 Å². The molecule has 0 aliphatic heterocycles. The molecule has 94 valence electrons. The second-order valence-electron chi connectivity index (χ2n) is 5.70. The molecular formula is C19H12O. The van der Waals surface area contributed by atoms with Gasteiger partial charge in [0.25, 0.3) is 0 Å². The molecule has 3 aliphatic rings. The zero-order valence-electron chi connectivity index (χ0n) is 10.9. The first-order chi connectivity index (χ1) is 9.83. The van der Waals surface area contributed by atoms with Gasteiger partial charge in [-0.25, -0.2) is 0 Å². The van der Waals surface area contributed by atoms with Crippen LogP contribution in [0.2, 0.25) is 0 Å². The number of benzene rings is 2. The van der Waals surface area contributed by atoms with Gasteiger partial charge in [-0.2, -0.15) is 0 Å². The van der Waals surface area contributed by atoms with Crippen LogP contribution in [-0.4, -0.2) is 5.78 Å². The summed E-state index contributed by atoms with van der Waals surface area (Å²) in [4.78, 5) is 12.3. The van der Waals surface area contributed by atoms with Crippen LogP contribution in [-0.2, 0) is 6.42 Å². The van der Waals surface area contributed by atoms with Crippen LogP contribution < -0.4 is 10.4 Å². The van der Waals surface area contributed by atoms with Gasteiger partial charge in [0.1, 0.15) is 0 Å². The summed E-state index contributed by atoms with van der Waals surface area (Å²) in [6.07, 6.45) is 10.0. The molecule has 3 aliphatic carbocycles. The first-order valence-electron chi connectivity index (χ1n) is 7.03. The van der Waals surface area contributed by atoms with Crippen LogP contribution >= 0.6 is 0 Å². The molecule has 2 aromatic carbocycles. The van der Waals surface area contributed by atoms with Gasteiger partial charge >= 0.3 is 0 Å². The molecule has 0 heterocycles. The largest absolute Gasteiger partial charge is 0.294 e. The Hall–Kier alpha value is -2.41. The zero-order valence-corrected chi connectivity index (χ0v) is 10.9. The van der Waals surface area contributed by atoms with E-state index in [1.807, 2.05) is 12.1 Å². The topological polar surface area (TPSA) is 17.1 Å². The van der Waals surface area contributed by atoms with E-state index in [0.29, 0.717) is 6.42 Å². The fourth-order valence-electron chi connectivity index (χ4n) is 3.80. The van der Waals surface area contributed by atoms with Crippen molar-refractivity contribution >= 4 is 24.0 Å². The Balaban J connectivity index is 2.05. The van der Waals surface area contributed by atoms with Crippen molar-refractivity contribution in [3.8, 4) is 11.1 Å². The highest BCUT2D eigenvalue weighted by Gasteiger charge is 2.28. The van der Waals surface area contributed by atoms with Gasteiger partial charge in [-0.15, -0.1) is 0 Å². The van der Waals surface area contributed by atoms with Gasteiger partial charge < -0.3 is 0 Å². The number of allylic oxidation sites excluding steroid dienone is 1. The predicted molar refractivity (Wildman–Crippen MR) is 80.8 cm³/mol. The van der Waals surface area contributed by atoms with Crippen LogP contribution in [0.25, 0.3) is 29.4 Å². The van der Waals surface area contributed by atoms with Crippen LogP contribution in [0.3, 0.4) is 0 Å². The van der Waals surface area contributed by atoms with E-state index < -0.39 is 0 Å². The quantitative estimate of drug-likeness (QED) is 0.604. The molecule has 0 aromatic heterocycles. The Kier molecular flexibility index (Phi) is 1.75. The van der Waals surface area contributed by atoms with Gasteiger partial charge in [-0.3, -0.25) is 4.79 Å². The summed E-state index contributed by atoms with van der Waals surface area (Å²) < 4.78 is 0. The molecule has 0 spiro atoms. The van der Waals surface area contributed by atoms with Crippen molar-refractivity contribution in [2.24, 2.45) is 0 Å². The summed E-state index contributed by atoms with van der Waals surface area (Å²) in [6, 6.07) is 8.40. The number of hydrogen-bond donors (Lipinski definition) is 0. The van der Waals surface area contributed by atoms with E-state index in [-0.39, 0.29) is 5.78 Å². The number of hydrogen-bond acceptors (Lipinski definition) is 1. The van der Waals surface area contributed by atoms with Crippen LogP contribution in [0.4, 0.5) is 0 Å². The molecule has 0 atom stereocenters. The maximum absolute atomic E-state index is 12.3. The van der Waals surface area contributed by atoms with E-state index in [0.717, 1.165) is 12.0 Å². The minimum absolute atomic E-state index is 0.241. The van der Waals surface area contributed by atoms with Crippen molar-refractivity contribution in [3.05, 3.63) is 63.0 Å². The molecule has 0 fully saturated rings. The maximum atomic E-state index is 12.3. The highest BCUT2D eigenvalue weighted by molar-refractivity contribution is 6.08. The van der Waals surface area contributed by atoms with Crippen molar-refractivity contribution < 1.29 is 4.79 Å². The van der Waals surface area contributed by atoms with E-state index in [2.05, 4.69) is 36.4 Å². The lowest BCUT2D eigenvalue weighted by atomic mass is 9.96. The van der Waals surface area contributed by atoms with Crippen LogP contribution in [0, 0.1) is 0 Å². The highest BCUT2D eigenvalue weighted by atomic mass is 16.1. The number of ketones is 1. The third-order valence-electron chi connectivity index (χ3n) is 4.65. The number of fused-ring (bicyclic) bond motifs is 2. The van der Waals surface area contributed by atoms with Gasteiger partial charge in [0, 0.05) is 12.0 Å². The molecule has 5 rings (SSSR count). The highest BCUT2D eigenvalue weighted by Crippen LogP contribution is 2.37. The Morgan fingerprint density at radius 3 is 3.00 bits per heavy atom. The molecule has 0 amide bonds. The molecule has 0 bridgehead atoms. The monoisotopic (exact) mass is 256 g/mol. The van der Waals surface area contributed by atoms with E-state index in [4.69, 9.17) is 0 Å². The third-order valence-corrected chi connectivity index (χ3v) is 4.65. The number of carbonyl (C=O) groups is 1. The maximum Gasteiger partial charge on any atom is 0.167 e. The van der Waals surface area contributed by atoms with Gasteiger partial charge in [-0.1, -0.05) is 42.5 Å². The van der Waals surface area contributed by atoms with E-state index in [1.165, 1.54) is 38.3 Å². The van der Waals surface area contributed by atoms with Gasteiger partial charge in [0.05, 0.1) is 0 Å². The summed E-state index contributed by atoms with van der Waals surface area (Å²) in [7, 11) is 0. The number of rotatable bonds is 0. The summed E-state index contributed by atoms with van der Waals surface area (Å²) in [5.41, 5.74) is 7.40. The lowest BCUT2D eigenvalue weighted by Crippen LogP contribution is -2.18. The molecule has 1 nitrogen and oxygen atoms in total. The first kappa shape index (κ1) is 10.4. The summed E-state index contributed by atoms with van der Waals surface area (Å²) in [5, 5.41) is 2.57. The van der Waals surface area contributed by atoms with Crippen molar-refractivity contribution in [1.82, 2.24) is 0 Å². The van der Waals surface area contributed by atoms with Crippen LogP contribution in [0.15, 0.2) is 30.3 Å². The van der Waals surface area contributed by atoms with Crippen molar-refractivity contribution in [2.75, 3.05) is 0 Å². The van der Waals surface area contributed by atoms with E-state index >= 15 is 0 Å². The summed E-state index contributed by atoms with van der Waals surface area (Å²) >= 11 is 0. The van der Waals surface area contributed by atoms with E-state index in [1.54, 1.807) is 0 Å². The van der Waals surface area contributed by atoms with Crippen molar-refractivity contribution in [2.45, 2.75) is 12.8 Å². The van der Waals surface area contributed by atoms with Crippen LogP contribution in [0.5, 0.6) is 0 Å². The van der Waals surface area contributed by atoms with Gasteiger partial charge in [0.2, 0.25) is 0 Å². The summed E-state index contributed by atoms with van der Waals surface area (Å²) in [6.45, 7) is 0. The van der Waals surface area contributed by atoms with E-state index in [9.17, 15) is 4.79 Å². The molecular weight excluding hydrogens is 244 g/mol. The second kappa shape index (κ2) is 3.37. The number of carbonyl (C=O) groups excluding carboxylic acids is 1. The molecule has 0 N–H and O–H groups in total. The van der Waals surface area contributed by atoms with Crippen molar-refractivity contribution in [3.63, 3.8) is 0 Å². The molecule has 0 radical (unpaired) electrons.